The van der Waals surface area contributed by atoms with Crippen LogP contribution in [0, 0.1) is 0 Å². The Hall–Kier alpha value is -1.70. The molecule has 0 unspecified atom stereocenters. The van der Waals surface area contributed by atoms with Gasteiger partial charge in [-0.25, -0.2) is 0 Å². The van der Waals surface area contributed by atoms with E-state index in [1.165, 1.54) is 4.88 Å². The number of para-hydroxylation sites is 1. The molecule has 0 aliphatic heterocycles. The minimum absolute atomic E-state index is 0.188. The Morgan fingerprint density at radius 2 is 2.00 bits per heavy atom. The molecule has 5 nitrogen and oxygen atoms in total. The van der Waals surface area contributed by atoms with Crippen molar-refractivity contribution < 1.29 is 9.59 Å². The van der Waals surface area contributed by atoms with Crippen LogP contribution < -0.4 is 11.1 Å². The topological polar surface area (TPSA) is 75.4 Å². The predicted octanol–water partition coefficient (Wildman–Crippen LogP) is 2.68. The summed E-state index contributed by atoms with van der Waals surface area (Å²) in [6.07, 6.45) is 0. The van der Waals surface area contributed by atoms with Crippen LogP contribution in [0.3, 0.4) is 0 Å². The third-order valence-electron chi connectivity index (χ3n) is 2.93. The molecule has 1 aromatic heterocycles. The first-order valence-corrected chi connectivity index (χ1v) is 8.18. The zero-order chi connectivity index (χ0) is 16.1. The molecule has 0 fully saturated rings. The molecule has 1 heterocycles. The molecule has 2 rings (SSSR count). The van der Waals surface area contributed by atoms with Crippen LogP contribution in [0.15, 0.2) is 40.2 Å². The summed E-state index contributed by atoms with van der Waals surface area (Å²) in [4.78, 5) is 26.5. The Bertz CT molecular complexity index is 687. The second kappa shape index (κ2) is 7.53. The van der Waals surface area contributed by atoms with E-state index in [-0.39, 0.29) is 12.5 Å². The first-order valence-electron chi connectivity index (χ1n) is 6.57. The van der Waals surface area contributed by atoms with Gasteiger partial charge >= 0.3 is 0 Å². The van der Waals surface area contributed by atoms with Crippen molar-refractivity contribution in [2.45, 2.75) is 6.54 Å². The van der Waals surface area contributed by atoms with Crippen LogP contribution in [0.4, 0.5) is 5.69 Å². The normalized spacial score (nSPS) is 10.7. The summed E-state index contributed by atoms with van der Waals surface area (Å²) in [5, 5.41) is 2.73. The van der Waals surface area contributed by atoms with Crippen LogP contribution in [0.5, 0.6) is 0 Å². The van der Waals surface area contributed by atoms with Crippen molar-refractivity contribution in [2.24, 2.45) is 5.73 Å². The Morgan fingerprint density at radius 3 is 2.64 bits per heavy atom. The van der Waals surface area contributed by atoms with Crippen molar-refractivity contribution in [3.05, 3.63) is 50.6 Å². The lowest BCUT2D eigenvalue weighted by molar-refractivity contribution is -0.117. The zero-order valence-corrected chi connectivity index (χ0v) is 14.4. The molecule has 22 heavy (non-hydrogen) atoms. The third kappa shape index (κ3) is 4.66. The fourth-order valence-electron chi connectivity index (χ4n) is 2.00. The molecule has 0 bridgehead atoms. The number of carbonyl (C=O) groups excluding carboxylic acids is 2. The molecular formula is C15H16BrN3O2S. The lowest BCUT2D eigenvalue weighted by Crippen LogP contribution is -2.30. The highest BCUT2D eigenvalue weighted by Crippen LogP contribution is 2.23. The molecule has 0 spiro atoms. The van der Waals surface area contributed by atoms with Crippen LogP contribution in [0.1, 0.15) is 15.2 Å². The minimum atomic E-state index is -0.562. The van der Waals surface area contributed by atoms with E-state index in [9.17, 15) is 9.59 Å². The molecule has 0 atom stereocenters. The van der Waals surface area contributed by atoms with Crippen LogP contribution in [0.25, 0.3) is 0 Å². The van der Waals surface area contributed by atoms with E-state index in [0.29, 0.717) is 17.8 Å². The summed E-state index contributed by atoms with van der Waals surface area (Å²) in [5.74, 6) is -0.750. The number of benzene rings is 1. The van der Waals surface area contributed by atoms with E-state index in [1.807, 2.05) is 24.1 Å². The lowest BCUT2D eigenvalue weighted by atomic mass is 10.1. The molecule has 3 N–H and O–H groups in total. The summed E-state index contributed by atoms with van der Waals surface area (Å²) in [6.45, 7) is 0.907. The number of carbonyl (C=O) groups is 2. The van der Waals surface area contributed by atoms with E-state index < -0.39 is 5.91 Å². The summed E-state index contributed by atoms with van der Waals surface area (Å²) in [6, 6.07) is 10.7. The number of thiophene rings is 1. The number of nitrogens with zero attached hydrogens (tertiary/aromatic N) is 1. The van der Waals surface area contributed by atoms with Crippen LogP contribution >= 0.6 is 27.3 Å². The molecule has 0 aliphatic rings. The summed E-state index contributed by atoms with van der Waals surface area (Å²) in [7, 11) is 1.87. The second-order valence-corrected chi connectivity index (χ2v) is 7.38. The fraction of sp³-hybridized carbons (Fsp3) is 0.200. The molecule has 2 amide bonds. The monoisotopic (exact) mass is 381 g/mol. The number of anilines is 1. The van der Waals surface area contributed by atoms with Crippen LogP contribution in [-0.2, 0) is 11.3 Å². The molecule has 116 valence electrons. The fourth-order valence-corrected chi connectivity index (χ4v) is 3.56. The highest BCUT2D eigenvalue weighted by atomic mass is 79.9. The summed E-state index contributed by atoms with van der Waals surface area (Å²) in [5.41, 5.74) is 6.04. The maximum atomic E-state index is 12.1. The highest BCUT2D eigenvalue weighted by molar-refractivity contribution is 9.11. The van der Waals surface area contributed by atoms with Crippen molar-refractivity contribution in [3.63, 3.8) is 0 Å². The van der Waals surface area contributed by atoms with Gasteiger partial charge in [-0.1, -0.05) is 12.1 Å². The number of nitrogens with two attached hydrogens (primary N) is 1. The number of rotatable bonds is 6. The molecule has 0 radical (unpaired) electrons. The molecular weight excluding hydrogens is 366 g/mol. The van der Waals surface area contributed by atoms with Gasteiger partial charge in [-0.05, 0) is 47.2 Å². The SMILES string of the molecule is CN(CC(=O)Nc1ccccc1C(N)=O)Cc1ccc(Br)s1. The van der Waals surface area contributed by atoms with E-state index >= 15 is 0 Å². The quantitative estimate of drug-likeness (QED) is 0.807. The van der Waals surface area contributed by atoms with Gasteiger partial charge in [0, 0.05) is 11.4 Å². The third-order valence-corrected chi connectivity index (χ3v) is 4.54. The number of nitrogens with one attached hydrogen (secondary N) is 1. The maximum absolute atomic E-state index is 12.1. The van der Waals surface area contributed by atoms with E-state index in [4.69, 9.17) is 5.73 Å². The zero-order valence-electron chi connectivity index (χ0n) is 12.0. The number of likely N-dealkylation sites (N-methyl/N-ethyl adjacent to an activating group) is 1. The Morgan fingerprint density at radius 1 is 1.27 bits per heavy atom. The van der Waals surface area contributed by atoms with Crippen molar-refractivity contribution in [1.82, 2.24) is 4.90 Å². The van der Waals surface area contributed by atoms with Gasteiger partial charge in [0.05, 0.1) is 21.6 Å². The van der Waals surface area contributed by atoms with Crippen molar-refractivity contribution >= 4 is 44.8 Å². The molecule has 7 heteroatoms. The van der Waals surface area contributed by atoms with Crippen LogP contribution in [-0.4, -0.2) is 30.3 Å². The first kappa shape index (κ1) is 16.7. The van der Waals surface area contributed by atoms with Gasteiger partial charge in [0.2, 0.25) is 5.91 Å². The molecule has 0 saturated heterocycles. The predicted molar refractivity (Wildman–Crippen MR) is 91.9 cm³/mol. The number of halogens is 1. The van der Waals surface area contributed by atoms with Gasteiger partial charge in [-0.15, -0.1) is 11.3 Å². The second-order valence-electron chi connectivity index (χ2n) is 4.84. The minimum Gasteiger partial charge on any atom is -0.366 e. The van der Waals surface area contributed by atoms with E-state index in [2.05, 4.69) is 21.2 Å². The van der Waals surface area contributed by atoms with Gasteiger partial charge < -0.3 is 11.1 Å². The lowest BCUT2D eigenvalue weighted by Gasteiger charge is -2.16. The van der Waals surface area contributed by atoms with Gasteiger partial charge in [-0.2, -0.15) is 0 Å². The molecule has 1 aromatic carbocycles. The largest absolute Gasteiger partial charge is 0.366 e. The Balaban J connectivity index is 1.94. The van der Waals surface area contributed by atoms with Crippen molar-refractivity contribution in [1.29, 1.82) is 0 Å². The standard InChI is InChI=1S/C15H16BrN3O2S/c1-19(8-10-6-7-13(16)22-10)9-14(20)18-12-5-3-2-4-11(12)15(17)21/h2-7H,8-9H2,1H3,(H2,17,21)(H,18,20). The number of hydrogen-bond acceptors (Lipinski definition) is 4. The molecule has 0 aliphatic carbocycles. The van der Waals surface area contributed by atoms with Gasteiger partial charge in [0.1, 0.15) is 0 Å². The maximum Gasteiger partial charge on any atom is 0.250 e. The highest BCUT2D eigenvalue weighted by Gasteiger charge is 2.12. The smallest absolute Gasteiger partial charge is 0.250 e. The summed E-state index contributed by atoms with van der Waals surface area (Å²) < 4.78 is 1.07. The Labute approximate surface area is 141 Å². The van der Waals surface area contributed by atoms with Crippen LogP contribution in [0.2, 0.25) is 0 Å². The van der Waals surface area contributed by atoms with Crippen molar-refractivity contribution in [2.75, 3.05) is 18.9 Å². The van der Waals surface area contributed by atoms with Gasteiger partial charge in [-0.3, -0.25) is 14.5 Å². The van der Waals surface area contributed by atoms with Crippen molar-refractivity contribution in [3.8, 4) is 0 Å². The van der Waals surface area contributed by atoms with Gasteiger partial charge in [0.15, 0.2) is 0 Å². The average Bonchev–Trinajstić information content (AvgIpc) is 2.83. The average molecular weight is 382 g/mol. The molecule has 0 saturated carbocycles. The summed E-state index contributed by atoms with van der Waals surface area (Å²) >= 11 is 5.05. The number of primary amides is 1. The van der Waals surface area contributed by atoms with E-state index in [1.54, 1.807) is 35.6 Å². The first-order chi connectivity index (χ1) is 10.5. The number of amides is 2. The van der Waals surface area contributed by atoms with E-state index in [0.717, 1.165) is 3.79 Å². The molecule has 2 aromatic rings. The Kier molecular flexibility index (Phi) is 5.70. The number of hydrogen-bond donors (Lipinski definition) is 2. The van der Waals surface area contributed by atoms with Gasteiger partial charge in [0.25, 0.3) is 5.91 Å².